The van der Waals surface area contributed by atoms with Crippen molar-refractivity contribution in [1.29, 1.82) is 0 Å². The zero-order chi connectivity index (χ0) is 12.4. The van der Waals surface area contributed by atoms with Crippen LogP contribution in [0.1, 0.15) is 24.5 Å². The van der Waals surface area contributed by atoms with Gasteiger partial charge in [-0.1, -0.05) is 18.2 Å². The first-order valence-corrected chi connectivity index (χ1v) is 6.57. The first kappa shape index (κ1) is 11.6. The molecule has 1 aliphatic heterocycles. The van der Waals surface area contributed by atoms with E-state index >= 15 is 0 Å². The maximum Gasteiger partial charge on any atom is 0.0836 e. The van der Waals surface area contributed by atoms with E-state index in [9.17, 15) is 5.11 Å². The molecule has 1 aliphatic rings. The van der Waals surface area contributed by atoms with Gasteiger partial charge in [0.25, 0.3) is 0 Å². The van der Waals surface area contributed by atoms with Gasteiger partial charge in [-0.3, -0.25) is 4.98 Å². The lowest BCUT2D eigenvalue weighted by molar-refractivity contribution is 0.0934. The highest BCUT2D eigenvalue weighted by molar-refractivity contribution is 5.85. The molecule has 1 aromatic carbocycles. The van der Waals surface area contributed by atoms with Crippen molar-refractivity contribution < 1.29 is 5.11 Å². The molecule has 0 radical (unpaired) electrons. The van der Waals surface area contributed by atoms with Gasteiger partial charge < -0.3 is 10.4 Å². The molecular formula is C15H18N2O. The maximum atomic E-state index is 10.6. The average Bonchev–Trinajstić information content (AvgIpc) is 2.47. The standard InChI is InChI=1S/C15H18N2O/c18-15(12-4-2-7-16-9-12)13-5-1-3-11-6-8-17-10-14(11)13/h1,3,5-6,8,10,12,15-16,18H,2,4,7,9H2. The van der Waals surface area contributed by atoms with Gasteiger partial charge in [0.15, 0.2) is 0 Å². The van der Waals surface area contributed by atoms with Gasteiger partial charge in [-0.15, -0.1) is 0 Å². The molecule has 1 saturated heterocycles. The van der Waals surface area contributed by atoms with Gasteiger partial charge in [-0.25, -0.2) is 0 Å². The Bertz CT molecular complexity index is 530. The van der Waals surface area contributed by atoms with Crippen LogP contribution in [0.4, 0.5) is 0 Å². The van der Waals surface area contributed by atoms with Crippen molar-refractivity contribution in [3.8, 4) is 0 Å². The number of hydrogen-bond donors (Lipinski definition) is 2. The number of aliphatic hydroxyl groups is 1. The Hall–Kier alpha value is -1.45. The van der Waals surface area contributed by atoms with Crippen molar-refractivity contribution in [2.24, 2.45) is 5.92 Å². The topological polar surface area (TPSA) is 45.2 Å². The fraction of sp³-hybridized carbons (Fsp3) is 0.400. The number of aromatic nitrogens is 1. The fourth-order valence-corrected chi connectivity index (χ4v) is 2.80. The van der Waals surface area contributed by atoms with Gasteiger partial charge in [0, 0.05) is 30.2 Å². The summed E-state index contributed by atoms with van der Waals surface area (Å²) in [4.78, 5) is 4.17. The van der Waals surface area contributed by atoms with E-state index in [0.29, 0.717) is 5.92 Å². The first-order chi connectivity index (χ1) is 8.86. The van der Waals surface area contributed by atoms with E-state index < -0.39 is 6.10 Å². The van der Waals surface area contributed by atoms with E-state index in [4.69, 9.17) is 0 Å². The van der Waals surface area contributed by atoms with E-state index in [1.54, 1.807) is 6.20 Å². The minimum absolute atomic E-state index is 0.310. The summed E-state index contributed by atoms with van der Waals surface area (Å²) in [6, 6.07) is 8.08. The van der Waals surface area contributed by atoms with Crippen LogP contribution in [0.15, 0.2) is 36.7 Å². The molecule has 94 valence electrons. The molecule has 3 heteroatoms. The lowest BCUT2D eigenvalue weighted by Crippen LogP contribution is -2.33. The monoisotopic (exact) mass is 242 g/mol. The van der Waals surface area contributed by atoms with Crippen LogP contribution in [0.2, 0.25) is 0 Å². The van der Waals surface area contributed by atoms with E-state index in [0.717, 1.165) is 42.3 Å². The molecule has 2 atom stereocenters. The molecule has 3 rings (SSSR count). The number of rotatable bonds is 2. The Morgan fingerprint density at radius 2 is 2.28 bits per heavy atom. The fourth-order valence-electron chi connectivity index (χ4n) is 2.80. The molecule has 2 unspecified atom stereocenters. The highest BCUT2D eigenvalue weighted by atomic mass is 16.3. The second kappa shape index (κ2) is 5.04. The largest absolute Gasteiger partial charge is 0.388 e. The molecule has 3 nitrogen and oxygen atoms in total. The predicted octanol–water partition coefficient (Wildman–Crippen LogP) is 2.27. The van der Waals surface area contributed by atoms with Gasteiger partial charge in [-0.2, -0.15) is 0 Å². The van der Waals surface area contributed by atoms with E-state index in [1.165, 1.54) is 0 Å². The van der Waals surface area contributed by atoms with Crippen LogP contribution >= 0.6 is 0 Å². The van der Waals surface area contributed by atoms with Crippen molar-refractivity contribution in [2.75, 3.05) is 13.1 Å². The zero-order valence-electron chi connectivity index (χ0n) is 10.3. The van der Waals surface area contributed by atoms with Crippen molar-refractivity contribution in [1.82, 2.24) is 10.3 Å². The molecule has 1 aromatic heterocycles. The third-order valence-electron chi connectivity index (χ3n) is 3.82. The molecule has 2 N–H and O–H groups in total. The summed E-state index contributed by atoms with van der Waals surface area (Å²) < 4.78 is 0. The Balaban J connectivity index is 1.97. The summed E-state index contributed by atoms with van der Waals surface area (Å²) in [5, 5.41) is 16.1. The van der Waals surface area contributed by atoms with Gasteiger partial charge in [0.2, 0.25) is 0 Å². The number of aliphatic hydroxyl groups excluding tert-OH is 1. The summed E-state index contributed by atoms with van der Waals surface area (Å²) in [6.45, 7) is 1.97. The van der Waals surface area contributed by atoms with Crippen LogP contribution < -0.4 is 5.32 Å². The lowest BCUT2D eigenvalue weighted by Gasteiger charge is -2.28. The lowest BCUT2D eigenvalue weighted by atomic mass is 9.88. The van der Waals surface area contributed by atoms with Crippen molar-refractivity contribution >= 4 is 10.8 Å². The minimum atomic E-state index is -0.398. The SMILES string of the molecule is OC(c1cccc2ccncc12)C1CCCNC1. The average molecular weight is 242 g/mol. The van der Waals surface area contributed by atoms with Crippen molar-refractivity contribution in [2.45, 2.75) is 18.9 Å². The summed E-state index contributed by atoms with van der Waals surface area (Å²) in [6.07, 6.45) is 5.48. The molecule has 0 bridgehead atoms. The second-order valence-corrected chi connectivity index (χ2v) is 5.00. The molecule has 0 saturated carbocycles. The van der Waals surface area contributed by atoms with Crippen LogP contribution in [0.25, 0.3) is 10.8 Å². The number of fused-ring (bicyclic) bond motifs is 1. The van der Waals surface area contributed by atoms with Gasteiger partial charge in [0.05, 0.1) is 6.10 Å². The van der Waals surface area contributed by atoms with Crippen LogP contribution in [-0.4, -0.2) is 23.2 Å². The number of pyridine rings is 1. The normalized spacial score (nSPS) is 21.9. The Labute approximate surface area is 107 Å². The highest BCUT2D eigenvalue weighted by Crippen LogP contribution is 2.31. The van der Waals surface area contributed by atoms with Gasteiger partial charge in [0.1, 0.15) is 0 Å². The Morgan fingerprint density at radius 3 is 3.11 bits per heavy atom. The predicted molar refractivity (Wildman–Crippen MR) is 72.3 cm³/mol. The number of benzene rings is 1. The summed E-state index contributed by atoms with van der Waals surface area (Å²) >= 11 is 0. The summed E-state index contributed by atoms with van der Waals surface area (Å²) in [7, 11) is 0. The molecule has 0 spiro atoms. The number of piperidine rings is 1. The Morgan fingerprint density at radius 1 is 1.33 bits per heavy atom. The number of nitrogens with one attached hydrogen (secondary N) is 1. The van der Waals surface area contributed by atoms with Crippen LogP contribution in [0, 0.1) is 5.92 Å². The van der Waals surface area contributed by atoms with Crippen LogP contribution in [-0.2, 0) is 0 Å². The molecule has 18 heavy (non-hydrogen) atoms. The number of nitrogens with zero attached hydrogens (tertiary/aromatic N) is 1. The number of hydrogen-bond acceptors (Lipinski definition) is 3. The third kappa shape index (κ3) is 2.11. The maximum absolute atomic E-state index is 10.6. The van der Waals surface area contributed by atoms with Crippen molar-refractivity contribution in [3.05, 3.63) is 42.2 Å². The van der Waals surface area contributed by atoms with E-state index in [1.807, 2.05) is 24.4 Å². The zero-order valence-corrected chi connectivity index (χ0v) is 10.3. The smallest absolute Gasteiger partial charge is 0.0836 e. The van der Waals surface area contributed by atoms with Crippen LogP contribution in [0.5, 0.6) is 0 Å². The molecule has 0 amide bonds. The molecule has 2 aromatic rings. The Kier molecular flexibility index (Phi) is 3.26. The first-order valence-electron chi connectivity index (χ1n) is 6.57. The minimum Gasteiger partial charge on any atom is -0.388 e. The van der Waals surface area contributed by atoms with Crippen LogP contribution in [0.3, 0.4) is 0 Å². The van der Waals surface area contributed by atoms with E-state index in [-0.39, 0.29) is 0 Å². The molecule has 0 aliphatic carbocycles. The van der Waals surface area contributed by atoms with Gasteiger partial charge in [-0.05, 0) is 36.4 Å². The molecule has 2 heterocycles. The third-order valence-corrected chi connectivity index (χ3v) is 3.82. The van der Waals surface area contributed by atoms with E-state index in [2.05, 4.69) is 16.4 Å². The highest BCUT2D eigenvalue weighted by Gasteiger charge is 2.24. The molecule has 1 fully saturated rings. The second-order valence-electron chi connectivity index (χ2n) is 5.00. The van der Waals surface area contributed by atoms with Gasteiger partial charge >= 0.3 is 0 Å². The molecular weight excluding hydrogens is 224 g/mol. The summed E-state index contributed by atoms with van der Waals surface area (Å²) in [5.41, 5.74) is 1.01. The van der Waals surface area contributed by atoms with Crippen molar-refractivity contribution in [3.63, 3.8) is 0 Å². The summed E-state index contributed by atoms with van der Waals surface area (Å²) in [5.74, 6) is 0.310. The quantitative estimate of drug-likeness (QED) is 0.849.